The quantitative estimate of drug-likeness (QED) is 0.869. The van der Waals surface area contributed by atoms with Gasteiger partial charge in [0, 0.05) is 11.8 Å². The second-order valence-electron chi connectivity index (χ2n) is 7.57. The molecule has 2 fully saturated rings. The van der Waals surface area contributed by atoms with E-state index in [1.165, 1.54) is 0 Å². The molecule has 5 heteroatoms. The number of ether oxygens (including phenoxy) is 1. The minimum atomic E-state index is -0.503. The number of rotatable bonds is 5. The molecule has 1 amide bonds. The molecular formula is C23H24N2O3. The molecule has 3 atom stereocenters. The lowest BCUT2D eigenvalue weighted by atomic mass is 9.73. The van der Waals surface area contributed by atoms with Gasteiger partial charge in [-0.3, -0.25) is 4.79 Å². The molecule has 1 N–H and O–H groups in total. The fourth-order valence-electron chi connectivity index (χ4n) is 4.26. The van der Waals surface area contributed by atoms with E-state index in [2.05, 4.69) is 6.07 Å². The minimum absolute atomic E-state index is 0.0305. The first-order valence-corrected chi connectivity index (χ1v) is 9.75. The van der Waals surface area contributed by atoms with E-state index >= 15 is 0 Å². The lowest BCUT2D eigenvalue weighted by molar-refractivity contribution is -0.154. The van der Waals surface area contributed by atoms with Crippen molar-refractivity contribution in [3.8, 4) is 22.9 Å². The van der Waals surface area contributed by atoms with Crippen molar-refractivity contribution in [3.05, 3.63) is 54.1 Å². The van der Waals surface area contributed by atoms with Crippen LogP contribution in [0.1, 0.15) is 30.7 Å². The largest absolute Gasteiger partial charge is 0.497 e. The number of hydrogen-bond donors (Lipinski definition) is 1. The van der Waals surface area contributed by atoms with Crippen LogP contribution >= 0.6 is 0 Å². The fourth-order valence-corrected chi connectivity index (χ4v) is 4.26. The van der Waals surface area contributed by atoms with Crippen molar-refractivity contribution < 1.29 is 14.6 Å². The number of aliphatic hydroxyl groups is 1. The maximum atomic E-state index is 12.7. The van der Waals surface area contributed by atoms with Crippen LogP contribution in [0, 0.1) is 17.2 Å². The van der Waals surface area contributed by atoms with Crippen LogP contribution in [0.15, 0.2) is 48.5 Å². The van der Waals surface area contributed by atoms with Gasteiger partial charge in [-0.15, -0.1) is 0 Å². The smallest absolute Gasteiger partial charge is 0.227 e. The van der Waals surface area contributed by atoms with Gasteiger partial charge in [0.2, 0.25) is 5.91 Å². The van der Waals surface area contributed by atoms with Crippen molar-refractivity contribution >= 4 is 5.91 Å². The first-order valence-electron chi connectivity index (χ1n) is 9.75. The summed E-state index contributed by atoms with van der Waals surface area (Å²) in [5.41, 5.74) is 3.14. The topological polar surface area (TPSA) is 73.6 Å². The van der Waals surface area contributed by atoms with Gasteiger partial charge in [0.05, 0.1) is 25.8 Å². The number of nitrogens with zero attached hydrogens (tertiary/aromatic N) is 2. The summed E-state index contributed by atoms with van der Waals surface area (Å²) in [4.78, 5) is 14.3. The first kappa shape index (κ1) is 18.5. The molecule has 1 aliphatic heterocycles. The lowest BCUT2D eigenvalue weighted by Crippen LogP contribution is -2.66. The van der Waals surface area contributed by atoms with E-state index in [4.69, 9.17) is 4.74 Å². The van der Waals surface area contributed by atoms with Gasteiger partial charge < -0.3 is 14.7 Å². The SMILES string of the molecule is COc1ccc(-c2ccc([C@@H]3[C@@H](C#N)N(C(=O)C4CCC4)[C@H]3CO)cc2)cc1. The van der Waals surface area contributed by atoms with Gasteiger partial charge in [-0.2, -0.15) is 5.26 Å². The molecule has 2 aromatic carbocycles. The number of methoxy groups -OCH3 is 1. The van der Waals surface area contributed by atoms with Crippen LogP contribution in [0.25, 0.3) is 11.1 Å². The van der Waals surface area contributed by atoms with Crippen LogP contribution in [-0.4, -0.2) is 41.7 Å². The van der Waals surface area contributed by atoms with Crippen molar-refractivity contribution in [1.82, 2.24) is 4.90 Å². The number of aliphatic hydroxyl groups excluding tert-OH is 1. The molecule has 2 aliphatic rings. The van der Waals surface area contributed by atoms with Gasteiger partial charge in [0.25, 0.3) is 0 Å². The van der Waals surface area contributed by atoms with Gasteiger partial charge >= 0.3 is 0 Å². The maximum absolute atomic E-state index is 12.7. The number of benzene rings is 2. The average molecular weight is 376 g/mol. The number of likely N-dealkylation sites (tertiary alicyclic amines) is 1. The third-order valence-corrected chi connectivity index (χ3v) is 6.16. The highest BCUT2D eigenvalue weighted by Crippen LogP contribution is 2.43. The molecule has 0 radical (unpaired) electrons. The Bertz CT molecular complexity index is 882. The molecular weight excluding hydrogens is 352 g/mol. The van der Waals surface area contributed by atoms with E-state index < -0.39 is 6.04 Å². The number of amides is 1. The van der Waals surface area contributed by atoms with E-state index in [1.807, 2.05) is 48.5 Å². The molecule has 4 rings (SSSR count). The summed E-state index contributed by atoms with van der Waals surface area (Å²) >= 11 is 0. The predicted octanol–water partition coefficient (Wildman–Crippen LogP) is 3.34. The first-order chi connectivity index (χ1) is 13.7. The third kappa shape index (κ3) is 3.04. The number of carbonyl (C=O) groups is 1. The number of carbonyl (C=O) groups excluding carboxylic acids is 1. The highest BCUT2D eigenvalue weighted by molar-refractivity contribution is 5.82. The molecule has 1 aliphatic carbocycles. The molecule has 0 aromatic heterocycles. The van der Waals surface area contributed by atoms with Crippen molar-refractivity contribution in [2.45, 2.75) is 37.3 Å². The molecule has 144 valence electrons. The van der Waals surface area contributed by atoms with Crippen LogP contribution in [0.4, 0.5) is 0 Å². The zero-order chi connectivity index (χ0) is 19.7. The van der Waals surface area contributed by atoms with Crippen molar-refractivity contribution in [3.63, 3.8) is 0 Å². The van der Waals surface area contributed by atoms with Crippen LogP contribution in [-0.2, 0) is 4.79 Å². The Hall–Kier alpha value is -2.84. The Balaban J connectivity index is 1.54. The van der Waals surface area contributed by atoms with Crippen molar-refractivity contribution in [2.24, 2.45) is 5.92 Å². The lowest BCUT2D eigenvalue weighted by Gasteiger charge is -2.53. The van der Waals surface area contributed by atoms with Crippen LogP contribution < -0.4 is 4.74 Å². The zero-order valence-corrected chi connectivity index (χ0v) is 15.9. The Morgan fingerprint density at radius 2 is 1.75 bits per heavy atom. The second-order valence-corrected chi connectivity index (χ2v) is 7.57. The highest BCUT2D eigenvalue weighted by Gasteiger charge is 2.53. The Morgan fingerprint density at radius 3 is 2.21 bits per heavy atom. The molecule has 28 heavy (non-hydrogen) atoms. The van der Waals surface area contributed by atoms with Crippen LogP contribution in [0.3, 0.4) is 0 Å². The van der Waals surface area contributed by atoms with Gasteiger partial charge in [-0.05, 0) is 41.7 Å². The Morgan fingerprint density at radius 1 is 1.14 bits per heavy atom. The molecule has 0 bridgehead atoms. The fraction of sp³-hybridized carbons (Fsp3) is 0.391. The summed E-state index contributed by atoms with van der Waals surface area (Å²) in [5, 5.41) is 19.6. The van der Waals surface area contributed by atoms with E-state index in [-0.39, 0.29) is 30.4 Å². The van der Waals surface area contributed by atoms with Crippen LogP contribution in [0.5, 0.6) is 5.75 Å². The van der Waals surface area contributed by atoms with Gasteiger partial charge in [-0.1, -0.05) is 42.8 Å². The van der Waals surface area contributed by atoms with Crippen molar-refractivity contribution in [1.29, 1.82) is 5.26 Å². The van der Waals surface area contributed by atoms with Crippen molar-refractivity contribution in [2.75, 3.05) is 13.7 Å². The predicted molar refractivity (Wildman–Crippen MR) is 106 cm³/mol. The molecule has 5 nitrogen and oxygen atoms in total. The molecule has 0 spiro atoms. The highest BCUT2D eigenvalue weighted by atomic mass is 16.5. The average Bonchev–Trinajstić information content (AvgIpc) is 2.67. The Kier molecular flexibility index (Phi) is 5.06. The van der Waals surface area contributed by atoms with E-state index in [9.17, 15) is 15.2 Å². The van der Waals surface area contributed by atoms with E-state index in [1.54, 1.807) is 12.0 Å². The van der Waals surface area contributed by atoms with E-state index in [0.717, 1.165) is 41.7 Å². The minimum Gasteiger partial charge on any atom is -0.497 e. The van der Waals surface area contributed by atoms with Gasteiger partial charge in [-0.25, -0.2) is 0 Å². The summed E-state index contributed by atoms with van der Waals surface area (Å²) in [5.74, 6) is 0.726. The molecule has 2 aromatic rings. The second kappa shape index (κ2) is 7.65. The van der Waals surface area contributed by atoms with E-state index in [0.29, 0.717) is 0 Å². The summed E-state index contributed by atoms with van der Waals surface area (Å²) in [6.07, 6.45) is 2.86. The standard InChI is InChI=1S/C23H24N2O3/c1-28-19-11-9-16(10-12-19)15-5-7-17(8-6-15)22-20(13-24)25(21(22)14-26)23(27)18-3-2-4-18/h5-12,18,20-22,26H,2-4,14H2,1H3/t20-,21+,22-/m1/s1. The summed E-state index contributed by atoms with van der Waals surface area (Å²) in [7, 11) is 1.64. The molecule has 1 saturated carbocycles. The molecule has 1 saturated heterocycles. The van der Waals surface area contributed by atoms with Gasteiger partial charge in [0.15, 0.2) is 0 Å². The third-order valence-electron chi connectivity index (χ3n) is 6.16. The zero-order valence-electron chi connectivity index (χ0n) is 15.9. The maximum Gasteiger partial charge on any atom is 0.227 e. The summed E-state index contributed by atoms with van der Waals surface area (Å²) in [6, 6.07) is 17.4. The summed E-state index contributed by atoms with van der Waals surface area (Å²) in [6.45, 7) is -0.123. The van der Waals surface area contributed by atoms with Crippen LogP contribution in [0.2, 0.25) is 0 Å². The monoisotopic (exact) mass is 376 g/mol. The normalized spacial score (nSPS) is 24.0. The molecule has 1 heterocycles. The Labute approximate surface area is 165 Å². The number of nitriles is 1. The molecule has 0 unspecified atom stereocenters. The van der Waals surface area contributed by atoms with Gasteiger partial charge in [0.1, 0.15) is 11.8 Å². The summed E-state index contributed by atoms with van der Waals surface area (Å²) < 4.78 is 5.20. The number of hydrogen-bond acceptors (Lipinski definition) is 4.